The molecule has 0 fully saturated rings. The molecule has 0 spiro atoms. The number of carbonyl (C=O) groups excluding carboxylic acids is 2. The molecule has 0 bridgehead atoms. The number of alkyl halides is 1. The minimum absolute atomic E-state index is 0.0352. The minimum Gasteiger partial charge on any atom is -0.319 e. The third-order valence-electron chi connectivity index (χ3n) is 6.56. The molecule has 0 saturated heterocycles. The molecule has 0 saturated carbocycles. The summed E-state index contributed by atoms with van der Waals surface area (Å²) in [7, 11) is 0. The molecular formula is C36H43BrCl2N4O2. The van der Waals surface area contributed by atoms with Gasteiger partial charge in [0.05, 0.1) is 11.4 Å². The van der Waals surface area contributed by atoms with E-state index < -0.39 is 0 Å². The number of amides is 2. The zero-order chi connectivity index (χ0) is 32.7. The number of anilines is 2. The highest BCUT2D eigenvalue weighted by Crippen LogP contribution is 2.25. The zero-order valence-corrected chi connectivity index (χ0v) is 29.2. The maximum absolute atomic E-state index is 12.8. The van der Waals surface area contributed by atoms with Crippen LogP contribution in [0.2, 0.25) is 10.3 Å². The number of hydrogen-bond donors (Lipinski definition) is 1. The highest BCUT2D eigenvalue weighted by molar-refractivity contribution is 9.09. The van der Waals surface area contributed by atoms with E-state index in [2.05, 4.69) is 45.1 Å². The van der Waals surface area contributed by atoms with Crippen molar-refractivity contribution in [3.63, 3.8) is 0 Å². The average molecular weight is 715 g/mol. The van der Waals surface area contributed by atoms with Crippen LogP contribution in [-0.2, 0) is 0 Å². The molecule has 240 valence electrons. The van der Waals surface area contributed by atoms with Gasteiger partial charge in [0, 0.05) is 35.4 Å². The van der Waals surface area contributed by atoms with Crippen molar-refractivity contribution in [3.05, 3.63) is 119 Å². The number of hydrogen-bond acceptors (Lipinski definition) is 4. The van der Waals surface area contributed by atoms with Gasteiger partial charge in [-0.05, 0) is 61.4 Å². The lowest BCUT2D eigenvalue weighted by Gasteiger charge is -2.23. The second kappa shape index (κ2) is 23.1. The first-order chi connectivity index (χ1) is 21.9. The van der Waals surface area contributed by atoms with E-state index in [1.165, 1.54) is 43.9 Å². The maximum atomic E-state index is 12.8. The Morgan fingerprint density at radius 3 is 1.80 bits per heavy atom. The van der Waals surface area contributed by atoms with Gasteiger partial charge in [-0.3, -0.25) is 9.59 Å². The smallest absolute Gasteiger partial charge is 0.258 e. The molecule has 0 aliphatic heterocycles. The van der Waals surface area contributed by atoms with E-state index in [-0.39, 0.29) is 17.0 Å². The van der Waals surface area contributed by atoms with Crippen LogP contribution in [0, 0.1) is 0 Å². The van der Waals surface area contributed by atoms with Crippen LogP contribution in [0.4, 0.5) is 11.4 Å². The minimum atomic E-state index is -0.199. The monoisotopic (exact) mass is 712 g/mol. The van der Waals surface area contributed by atoms with Crippen molar-refractivity contribution in [2.24, 2.45) is 0 Å². The predicted octanol–water partition coefficient (Wildman–Crippen LogP) is 10.9. The molecule has 9 heteroatoms. The summed E-state index contributed by atoms with van der Waals surface area (Å²) >= 11 is 15.4. The summed E-state index contributed by atoms with van der Waals surface area (Å²) in [6, 6.07) is 25.3. The van der Waals surface area contributed by atoms with Crippen LogP contribution in [0.1, 0.15) is 85.9 Å². The lowest BCUT2D eigenvalue weighted by molar-refractivity contribution is 0.0984. The summed E-state index contributed by atoms with van der Waals surface area (Å²) in [5, 5.41) is 4.51. The van der Waals surface area contributed by atoms with E-state index in [1.807, 2.05) is 42.5 Å². The lowest BCUT2D eigenvalue weighted by Crippen LogP contribution is -2.32. The van der Waals surface area contributed by atoms with E-state index >= 15 is 0 Å². The van der Waals surface area contributed by atoms with Crippen LogP contribution in [-0.4, -0.2) is 33.7 Å². The number of nitrogens with zero attached hydrogens (tertiary/aromatic N) is 3. The van der Waals surface area contributed by atoms with Crippen LogP contribution in [0.5, 0.6) is 0 Å². The van der Waals surface area contributed by atoms with E-state index in [0.717, 1.165) is 12.8 Å². The fourth-order valence-corrected chi connectivity index (χ4v) is 4.91. The molecule has 6 nitrogen and oxygen atoms in total. The molecule has 2 aromatic carbocycles. The Labute approximate surface area is 286 Å². The summed E-state index contributed by atoms with van der Waals surface area (Å²) in [6.45, 7) is 5.05. The Hall–Kier alpha value is -3.26. The first-order valence-electron chi connectivity index (χ1n) is 15.4. The van der Waals surface area contributed by atoms with Crippen LogP contribution in [0.25, 0.3) is 0 Å². The van der Waals surface area contributed by atoms with Gasteiger partial charge < -0.3 is 10.2 Å². The van der Waals surface area contributed by atoms with Gasteiger partial charge in [-0.2, -0.15) is 0 Å². The van der Waals surface area contributed by atoms with E-state index in [1.54, 1.807) is 59.8 Å². The third kappa shape index (κ3) is 14.6. The van der Waals surface area contributed by atoms with Gasteiger partial charge >= 0.3 is 0 Å². The van der Waals surface area contributed by atoms with Gasteiger partial charge in [-0.1, -0.05) is 128 Å². The predicted molar refractivity (Wildman–Crippen MR) is 193 cm³/mol. The fraction of sp³-hybridized carbons (Fsp3) is 0.333. The molecule has 45 heavy (non-hydrogen) atoms. The summed E-state index contributed by atoms with van der Waals surface area (Å²) in [5.74, 6) is -0.234. The number of benzene rings is 2. The Balaban J connectivity index is 0.000000267. The highest BCUT2D eigenvalue weighted by atomic mass is 79.9. The first-order valence-corrected chi connectivity index (χ1v) is 17.3. The number of aromatic nitrogens is 2. The van der Waals surface area contributed by atoms with E-state index in [0.29, 0.717) is 34.2 Å². The van der Waals surface area contributed by atoms with Gasteiger partial charge in [-0.15, -0.1) is 0 Å². The van der Waals surface area contributed by atoms with Crippen molar-refractivity contribution in [1.82, 2.24) is 9.97 Å². The molecule has 4 rings (SSSR count). The van der Waals surface area contributed by atoms with Crippen LogP contribution < -0.4 is 10.2 Å². The normalized spacial score (nSPS) is 10.1. The topological polar surface area (TPSA) is 75.2 Å². The maximum Gasteiger partial charge on any atom is 0.258 e. The second-order valence-corrected chi connectivity index (χ2v) is 11.6. The molecule has 1 N–H and O–H groups in total. The van der Waals surface area contributed by atoms with Crippen molar-refractivity contribution in [1.29, 1.82) is 0 Å². The van der Waals surface area contributed by atoms with Gasteiger partial charge in [0.25, 0.3) is 11.8 Å². The Bertz CT molecular complexity index is 1390. The number of nitrogens with one attached hydrogen (secondary N) is 1. The van der Waals surface area contributed by atoms with E-state index in [9.17, 15) is 9.59 Å². The molecule has 0 unspecified atom stereocenters. The van der Waals surface area contributed by atoms with Gasteiger partial charge in [0.1, 0.15) is 0 Å². The molecule has 2 amide bonds. The summed E-state index contributed by atoms with van der Waals surface area (Å²) < 4.78 is 0. The fourth-order valence-electron chi connectivity index (χ4n) is 4.13. The van der Waals surface area contributed by atoms with Gasteiger partial charge in [0.2, 0.25) is 0 Å². The van der Waals surface area contributed by atoms with Crippen molar-refractivity contribution >= 4 is 62.3 Å². The number of halogens is 3. The molecule has 0 atom stereocenters. The SMILES string of the molecule is CCCCCCBr.CCCCCCN(C(=O)c1ccccc1)c1cccnc1Cl.O=C(Nc1cccnc1Cl)c1ccccc1. The Morgan fingerprint density at radius 1 is 0.689 bits per heavy atom. The van der Waals surface area contributed by atoms with Gasteiger partial charge in [-0.25, -0.2) is 9.97 Å². The summed E-state index contributed by atoms with van der Waals surface area (Å²) in [4.78, 5) is 34.3. The first kappa shape index (κ1) is 37.9. The van der Waals surface area contributed by atoms with Crippen molar-refractivity contribution in [2.45, 2.75) is 65.2 Å². The van der Waals surface area contributed by atoms with Crippen LogP contribution in [0.15, 0.2) is 97.3 Å². The van der Waals surface area contributed by atoms with E-state index in [4.69, 9.17) is 23.2 Å². The zero-order valence-electron chi connectivity index (χ0n) is 26.1. The molecular weight excluding hydrogens is 671 g/mol. The molecule has 0 radical (unpaired) electrons. The quantitative estimate of drug-likeness (QED) is 0.0850. The summed E-state index contributed by atoms with van der Waals surface area (Å²) in [6.07, 6.45) is 13.1. The Morgan fingerprint density at radius 2 is 1.24 bits per heavy atom. The van der Waals surface area contributed by atoms with Crippen molar-refractivity contribution in [2.75, 3.05) is 22.1 Å². The third-order valence-corrected chi connectivity index (χ3v) is 7.71. The number of unbranched alkanes of at least 4 members (excludes halogenated alkanes) is 6. The largest absolute Gasteiger partial charge is 0.319 e. The molecule has 2 aromatic heterocycles. The van der Waals surface area contributed by atoms with Crippen molar-refractivity contribution < 1.29 is 9.59 Å². The molecule has 0 aliphatic rings. The number of rotatable bonds is 13. The van der Waals surface area contributed by atoms with Gasteiger partial charge in [0.15, 0.2) is 10.3 Å². The number of pyridine rings is 2. The van der Waals surface area contributed by atoms with Crippen LogP contribution >= 0.6 is 39.1 Å². The molecule has 2 heterocycles. The highest BCUT2D eigenvalue weighted by Gasteiger charge is 2.19. The summed E-state index contributed by atoms with van der Waals surface area (Å²) in [5.41, 5.74) is 2.44. The standard InChI is InChI=1S/C18H21ClN2O.C12H9ClN2O.C6H13Br/c1-2-3-4-8-14-21(16-12-9-13-20-17(16)19)18(22)15-10-6-5-7-11-15;13-11-10(7-4-8-14-11)15-12(16)9-5-2-1-3-6-9;1-2-3-4-5-6-7/h5-7,9-13H,2-4,8,14H2,1H3;1-8H,(H,15,16);2-6H2,1H3. The average Bonchev–Trinajstić information content (AvgIpc) is 3.08. The molecule has 0 aliphatic carbocycles. The molecule has 4 aromatic rings. The van der Waals surface area contributed by atoms with Crippen molar-refractivity contribution in [3.8, 4) is 0 Å². The number of carbonyl (C=O) groups is 2. The van der Waals surface area contributed by atoms with Crippen LogP contribution in [0.3, 0.4) is 0 Å². The lowest BCUT2D eigenvalue weighted by atomic mass is 10.1. The Kier molecular flexibility index (Phi) is 19.5. The second-order valence-electron chi connectivity index (χ2n) is 10.1.